The Morgan fingerprint density at radius 3 is 2.38 bits per heavy atom. The molecule has 0 aliphatic rings. The summed E-state index contributed by atoms with van der Waals surface area (Å²) in [4.78, 5) is 0.0748. The van der Waals surface area contributed by atoms with Crippen LogP contribution in [0.5, 0.6) is 11.5 Å². The van der Waals surface area contributed by atoms with E-state index in [-0.39, 0.29) is 16.4 Å². The van der Waals surface area contributed by atoms with Crippen molar-refractivity contribution in [3.63, 3.8) is 0 Å². The van der Waals surface area contributed by atoms with Crippen LogP contribution in [0.3, 0.4) is 0 Å². The van der Waals surface area contributed by atoms with Crippen LogP contribution in [0, 0.1) is 0 Å². The van der Waals surface area contributed by atoms with Gasteiger partial charge in [-0.15, -0.1) is 0 Å². The van der Waals surface area contributed by atoms with E-state index in [9.17, 15) is 13.5 Å². The molecule has 0 aromatic heterocycles. The molecule has 13 heavy (non-hydrogen) atoms. The van der Waals surface area contributed by atoms with Crippen LogP contribution in [0.1, 0.15) is 0 Å². The van der Waals surface area contributed by atoms with E-state index < -0.39 is 9.84 Å². The average Bonchev–Trinajstić information content (AvgIpc) is 2.02. The molecule has 0 atom stereocenters. The summed E-state index contributed by atoms with van der Waals surface area (Å²) in [5.41, 5.74) is 0. The number of benzene rings is 1. The third kappa shape index (κ3) is 2.12. The van der Waals surface area contributed by atoms with Crippen molar-refractivity contribution in [1.29, 1.82) is 0 Å². The fourth-order valence-corrected chi connectivity index (χ4v) is 1.54. The van der Waals surface area contributed by atoms with Gasteiger partial charge in [0.05, 0.1) is 12.0 Å². The van der Waals surface area contributed by atoms with Crippen LogP contribution in [0.25, 0.3) is 0 Å². The van der Waals surface area contributed by atoms with Gasteiger partial charge in [-0.1, -0.05) is 0 Å². The van der Waals surface area contributed by atoms with Crippen LogP contribution in [0.15, 0.2) is 23.1 Å². The van der Waals surface area contributed by atoms with Gasteiger partial charge in [0.15, 0.2) is 21.3 Å². The molecule has 1 rings (SSSR count). The molecule has 0 saturated heterocycles. The Bertz CT molecular complexity index is 408. The lowest BCUT2D eigenvalue weighted by molar-refractivity contribution is 0.372. The molecule has 0 heterocycles. The lowest BCUT2D eigenvalue weighted by atomic mass is 10.3. The summed E-state index contributed by atoms with van der Waals surface area (Å²) in [5.74, 6) is 0.0813. The number of aromatic hydroxyl groups is 1. The summed E-state index contributed by atoms with van der Waals surface area (Å²) in [6.07, 6.45) is 1.08. The molecule has 1 aromatic carbocycles. The maximum Gasteiger partial charge on any atom is 0.175 e. The van der Waals surface area contributed by atoms with E-state index in [2.05, 4.69) is 0 Å². The van der Waals surface area contributed by atoms with Crippen molar-refractivity contribution in [3.05, 3.63) is 18.2 Å². The highest BCUT2D eigenvalue weighted by atomic mass is 32.2. The van der Waals surface area contributed by atoms with E-state index in [4.69, 9.17) is 4.74 Å². The molecule has 0 fully saturated rings. The summed E-state index contributed by atoms with van der Waals surface area (Å²) < 4.78 is 26.8. The number of hydrogen-bond donors (Lipinski definition) is 1. The zero-order valence-electron chi connectivity index (χ0n) is 7.31. The maximum absolute atomic E-state index is 11.0. The van der Waals surface area contributed by atoms with Crippen LogP contribution >= 0.6 is 0 Å². The highest BCUT2D eigenvalue weighted by Gasteiger charge is 2.10. The number of rotatable bonds is 2. The summed E-state index contributed by atoms with van der Waals surface area (Å²) in [7, 11) is -1.87. The van der Waals surface area contributed by atoms with Gasteiger partial charge in [-0.05, 0) is 12.1 Å². The first-order chi connectivity index (χ1) is 5.95. The van der Waals surface area contributed by atoms with E-state index in [0.717, 1.165) is 12.3 Å². The van der Waals surface area contributed by atoms with Gasteiger partial charge in [-0.2, -0.15) is 0 Å². The van der Waals surface area contributed by atoms with Gasteiger partial charge in [0.25, 0.3) is 0 Å². The first-order valence-corrected chi connectivity index (χ1v) is 5.41. The Morgan fingerprint density at radius 1 is 1.38 bits per heavy atom. The van der Waals surface area contributed by atoms with E-state index in [1.54, 1.807) is 0 Å². The minimum absolute atomic E-state index is 0.0748. The second kappa shape index (κ2) is 3.26. The lowest BCUT2D eigenvalue weighted by Crippen LogP contribution is -1.96. The number of phenolic OH excluding ortho intramolecular Hbond substituents is 1. The molecule has 0 aliphatic heterocycles. The zero-order valence-corrected chi connectivity index (χ0v) is 8.13. The van der Waals surface area contributed by atoms with Gasteiger partial charge in [0, 0.05) is 12.3 Å². The van der Waals surface area contributed by atoms with Crippen LogP contribution in [-0.2, 0) is 9.84 Å². The molecule has 0 radical (unpaired) electrons. The first kappa shape index (κ1) is 9.85. The second-order valence-corrected chi connectivity index (χ2v) is 4.62. The van der Waals surface area contributed by atoms with Crippen molar-refractivity contribution in [3.8, 4) is 11.5 Å². The number of sulfone groups is 1. The highest BCUT2D eigenvalue weighted by Crippen LogP contribution is 2.27. The van der Waals surface area contributed by atoms with Crippen molar-refractivity contribution in [2.75, 3.05) is 13.4 Å². The smallest absolute Gasteiger partial charge is 0.175 e. The number of phenols is 1. The van der Waals surface area contributed by atoms with Gasteiger partial charge in [0.2, 0.25) is 0 Å². The van der Waals surface area contributed by atoms with E-state index in [1.807, 2.05) is 0 Å². The SMILES string of the molecule is COc1ccc(S(C)(=O)=O)cc1O. The van der Waals surface area contributed by atoms with Crippen LogP contribution in [-0.4, -0.2) is 26.9 Å². The molecule has 5 heteroatoms. The zero-order chi connectivity index (χ0) is 10.1. The van der Waals surface area contributed by atoms with Gasteiger partial charge < -0.3 is 9.84 Å². The molecule has 1 aromatic rings. The third-order valence-corrected chi connectivity index (χ3v) is 2.69. The monoisotopic (exact) mass is 202 g/mol. The number of methoxy groups -OCH3 is 1. The molecule has 0 bridgehead atoms. The molecule has 0 aliphatic carbocycles. The molecule has 0 unspecified atom stereocenters. The Balaban J connectivity index is 3.26. The normalized spacial score (nSPS) is 11.2. The molecule has 4 nitrogen and oxygen atoms in total. The molecule has 72 valence electrons. The largest absolute Gasteiger partial charge is 0.504 e. The Labute approximate surface area is 76.7 Å². The van der Waals surface area contributed by atoms with Crippen molar-refractivity contribution in [2.24, 2.45) is 0 Å². The van der Waals surface area contributed by atoms with Crippen molar-refractivity contribution in [1.82, 2.24) is 0 Å². The fraction of sp³-hybridized carbons (Fsp3) is 0.250. The second-order valence-electron chi connectivity index (χ2n) is 2.61. The first-order valence-electron chi connectivity index (χ1n) is 3.52. The van der Waals surface area contributed by atoms with Gasteiger partial charge >= 0.3 is 0 Å². The minimum Gasteiger partial charge on any atom is -0.504 e. The standard InChI is InChI=1S/C8H10O4S/c1-12-8-4-3-6(5-7(8)9)13(2,10)11/h3-5,9H,1-2H3. The summed E-state index contributed by atoms with van der Waals surface area (Å²) >= 11 is 0. The predicted octanol–water partition coefficient (Wildman–Crippen LogP) is 0.804. The van der Waals surface area contributed by atoms with Crippen LogP contribution in [0.2, 0.25) is 0 Å². The van der Waals surface area contributed by atoms with Crippen molar-refractivity contribution in [2.45, 2.75) is 4.90 Å². The van der Waals surface area contributed by atoms with Gasteiger partial charge in [-0.25, -0.2) is 8.42 Å². The Kier molecular flexibility index (Phi) is 2.47. The maximum atomic E-state index is 11.0. The molecule has 0 spiro atoms. The Morgan fingerprint density at radius 2 is 2.00 bits per heavy atom. The molecule has 0 saturated carbocycles. The molecular weight excluding hydrogens is 192 g/mol. The van der Waals surface area contributed by atoms with E-state index in [0.29, 0.717) is 0 Å². The van der Waals surface area contributed by atoms with Crippen molar-refractivity contribution < 1.29 is 18.3 Å². The van der Waals surface area contributed by atoms with Crippen molar-refractivity contribution >= 4 is 9.84 Å². The molecule has 0 amide bonds. The molecule has 1 N–H and O–H groups in total. The molecular formula is C8H10O4S. The highest BCUT2D eigenvalue weighted by molar-refractivity contribution is 7.90. The summed E-state index contributed by atoms with van der Waals surface area (Å²) in [5, 5.41) is 9.27. The third-order valence-electron chi connectivity index (χ3n) is 1.58. The van der Waals surface area contributed by atoms with E-state index in [1.165, 1.54) is 19.2 Å². The predicted molar refractivity (Wildman–Crippen MR) is 47.8 cm³/mol. The number of ether oxygens (including phenoxy) is 1. The quantitative estimate of drug-likeness (QED) is 0.770. The Hall–Kier alpha value is -1.23. The number of hydrogen-bond acceptors (Lipinski definition) is 4. The van der Waals surface area contributed by atoms with Crippen LogP contribution in [0.4, 0.5) is 0 Å². The summed E-state index contributed by atoms with van der Waals surface area (Å²) in [6.45, 7) is 0. The van der Waals surface area contributed by atoms with Crippen LogP contribution < -0.4 is 4.74 Å². The fourth-order valence-electron chi connectivity index (χ4n) is 0.900. The lowest BCUT2D eigenvalue weighted by Gasteiger charge is -2.04. The minimum atomic E-state index is -3.27. The average molecular weight is 202 g/mol. The summed E-state index contributed by atoms with van der Waals surface area (Å²) in [6, 6.07) is 3.95. The van der Waals surface area contributed by atoms with Gasteiger partial charge in [0.1, 0.15) is 0 Å². The topological polar surface area (TPSA) is 63.6 Å². The van der Waals surface area contributed by atoms with Gasteiger partial charge in [-0.3, -0.25) is 0 Å². The van der Waals surface area contributed by atoms with E-state index >= 15 is 0 Å².